The lowest BCUT2D eigenvalue weighted by Crippen LogP contribution is -2.57. The Morgan fingerprint density at radius 2 is 1.60 bits per heavy atom. The highest BCUT2D eigenvalue weighted by Crippen LogP contribution is 2.33. The molecule has 2 aliphatic rings. The molecule has 2 heterocycles. The maximum Gasteiger partial charge on any atom is 0.408 e. The number of benzene rings is 3. The number of hydrogen-bond donors (Lipinski definition) is 3. The van der Waals surface area contributed by atoms with Gasteiger partial charge < -0.3 is 34.9 Å². The molecule has 3 N–H and O–H groups in total. The number of esters is 1. The fraction of sp³-hybridized carbons (Fsp3) is 0.353. The third-order valence-corrected chi connectivity index (χ3v) is 7.29. The second-order valence-electron chi connectivity index (χ2n) is 12.1. The van der Waals surface area contributed by atoms with Gasteiger partial charge in [0.2, 0.25) is 17.6 Å². The average molecular weight is 663 g/mol. The summed E-state index contributed by atoms with van der Waals surface area (Å²) in [5, 5.41) is 19.8. The maximum absolute atomic E-state index is 13.9. The van der Waals surface area contributed by atoms with Crippen molar-refractivity contribution < 1.29 is 43.0 Å². The van der Waals surface area contributed by atoms with Crippen LogP contribution in [0.1, 0.15) is 37.5 Å². The summed E-state index contributed by atoms with van der Waals surface area (Å²) in [5.41, 5.74) is 0.546. The summed E-state index contributed by atoms with van der Waals surface area (Å²) in [6, 6.07) is 13.8. The lowest BCUT2D eigenvalue weighted by Gasteiger charge is -2.26. The maximum atomic E-state index is 13.9. The van der Waals surface area contributed by atoms with E-state index in [1.54, 1.807) is 69.3 Å². The largest absolute Gasteiger partial charge is 0.497 e. The molecule has 0 spiro atoms. The summed E-state index contributed by atoms with van der Waals surface area (Å²) < 4.78 is 21.5. The van der Waals surface area contributed by atoms with Gasteiger partial charge in [0.25, 0.3) is 0 Å². The summed E-state index contributed by atoms with van der Waals surface area (Å²) >= 11 is 0. The molecule has 0 fully saturated rings. The summed E-state index contributed by atoms with van der Waals surface area (Å²) in [5.74, 6) is -1.40. The van der Waals surface area contributed by atoms with Crippen LogP contribution in [0.5, 0.6) is 17.2 Å². The highest BCUT2D eigenvalue weighted by molar-refractivity contribution is 5.93. The van der Waals surface area contributed by atoms with E-state index in [-0.39, 0.29) is 36.4 Å². The third-order valence-electron chi connectivity index (χ3n) is 7.29. The number of hydrogen-bond acceptors (Lipinski definition) is 10. The number of nitrogens with one attached hydrogen (secondary N) is 3. The standard InChI is InChI=1S/C34H38N4O10/c1-34(2,3)48-33(42)37-26-17-21-8-13-24(14-9-21)47-29-19-22(10-15-28(29)38(43)44)18-27(32(41)46-5)36-30(39)25(35-31(26)40)16-20-6-11-23(45-4)12-7-20/h6-15,19,25-27H,16-18H2,1-5H3,(H,35,40)(H,36,39)(H,37,42)/t25-,26-,27-/m0/s1. The first-order chi connectivity index (χ1) is 22.7. The van der Waals surface area contributed by atoms with E-state index >= 15 is 0 Å². The first kappa shape index (κ1) is 35.2. The van der Waals surface area contributed by atoms with Crippen LogP contribution in [0.3, 0.4) is 0 Å². The van der Waals surface area contributed by atoms with Crippen LogP contribution in [0.2, 0.25) is 0 Å². The number of carbonyl (C=O) groups excluding carboxylic acids is 4. The van der Waals surface area contributed by atoms with Crippen LogP contribution < -0.4 is 25.4 Å². The van der Waals surface area contributed by atoms with Crippen LogP contribution in [0.15, 0.2) is 66.7 Å². The summed E-state index contributed by atoms with van der Waals surface area (Å²) in [7, 11) is 2.68. The molecule has 0 radical (unpaired) electrons. The van der Waals surface area contributed by atoms with Crippen molar-refractivity contribution in [1.29, 1.82) is 0 Å². The molecule has 48 heavy (non-hydrogen) atoms. The SMILES string of the molecule is COC(=O)[C@@H]1Cc2ccc([N+](=O)[O-])c(c2)Oc2ccc(cc2)C[C@H](NC(=O)OC(C)(C)C)C(=O)N[C@@H](Cc2ccc(OC)cc2)C(=O)N1. The minimum Gasteiger partial charge on any atom is -0.497 e. The number of alkyl carbamates (subject to hydrolysis) is 1. The minimum absolute atomic E-state index is 0.0113. The Kier molecular flexibility index (Phi) is 11.2. The van der Waals surface area contributed by atoms with E-state index in [9.17, 15) is 29.3 Å². The van der Waals surface area contributed by atoms with Gasteiger partial charge in [0.1, 0.15) is 35.2 Å². The Labute approximate surface area is 277 Å². The Bertz CT molecular complexity index is 1650. The highest BCUT2D eigenvalue weighted by atomic mass is 16.6. The third kappa shape index (κ3) is 9.67. The zero-order valence-corrected chi connectivity index (χ0v) is 27.2. The summed E-state index contributed by atoms with van der Waals surface area (Å²) in [4.78, 5) is 64.6. The number of nitrogens with zero attached hydrogens (tertiary/aromatic N) is 1. The molecular weight excluding hydrogens is 624 g/mol. The number of rotatable bonds is 6. The first-order valence-electron chi connectivity index (χ1n) is 15.1. The average Bonchev–Trinajstić information content (AvgIpc) is 3.03. The fourth-order valence-electron chi connectivity index (χ4n) is 4.96. The van der Waals surface area contributed by atoms with Crippen LogP contribution in [-0.2, 0) is 43.1 Å². The van der Waals surface area contributed by atoms with Gasteiger partial charge in [-0.2, -0.15) is 0 Å². The normalized spacial score (nSPS) is 18.3. The predicted molar refractivity (Wildman–Crippen MR) is 173 cm³/mol. The minimum atomic E-state index is -1.24. The summed E-state index contributed by atoms with van der Waals surface area (Å²) in [6.07, 6.45) is -0.957. The number of carbonyl (C=O) groups is 4. The number of nitro benzene ring substituents is 1. The quantitative estimate of drug-likeness (QED) is 0.199. The first-order valence-corrected chi connectivity index (χ1v) is 15.1. The molecule has 0 aliphatic carbocycles. The molecule has 254 valence electrons. The van der Waals surface area contributed by atoms with E-state index in [4.69, 9.17) is 18.9 Å². The van der Waals surface area contributed by atoms with Crippen molar-refractivity contribution in [1.82, 2.24) is 16.0 Å². The van der Waals surface area contributed by atoms with E-state index < -0.39 is 52.5 Å². The van der Waals surface area contributed by atoms with Gasteiger partial charge in [-0.25, -0.2) is 9.59 Å². The van der Waals surface area contributed by atoms with Crippen LogP contribution in [0.25, 0.3) is 0 Å². The van der Waals surface area contributed by atoms with Crippen LogP contribution in [0.4, 0.5) is 10.5 Å². The molecule has 3 aromatic carbocycles. The zero-order valence-electron chi connectivity index (χ0n) is 27.2. The van der Waals surface area contributed by atoms with Crippen molar-refractivity contribution in [3.05, 3.63) is 93.5 Å². The number of ether oxygens (including phenoxy) is 4. The Hall–Kier alpha value is -5.66. The molecule has 14 nitrogen and oxygen atoms in total. The van der Waals surface area contributed by atoms with Crippen LogP contribution >= 0.6 is 0 Å². The predicted octanol–water partition coefficient (Wildman–Crippen LogP) is 3.77. The molecule has 0 unspecified atom stereocenters. The van der Waals surface area contributed by atoms with E-state index in [1.807, 2.05) is 0 Å². The second-order valence-corrected chi connectivity index (χ2v) is 12.1. The van der Waals surface area contributed by atoms with Gasteiger partial charge in [-0.15, -0.1) is 0 Å². The van der Waals surface area contributed by atoms with E-state index in [0.29, 0.717) is 22.4 Å². The summed E-state index contributed by atoms with van der Waals surface area (Å²) in [6.45, 7) is 5.04. The zero-order chi connectivity index (χ0) is 35.0. The Balaban J connectivity index is 1.78. The van der Waals surface area contributed by atoms with Crippen LogP contribution in [-0.4, -0.2) is 66.7 Å². The van der Waals surface area contributed by atoms with Crippen molar-refractivity contribution in [2.75, 3.05) is 14.2 Å². The van der Waals surface area contributed by atoms with Gasteiger partial charge in [-0.05, 0) is 67.8 Å². The molecule has 2 aliphatic heterocycles. The monoisotopic (exact) mass is 662 g/mol. The molecule has 3 amide bonds. The molecule has 0 saturated heterocycles. The lowest BCUT2D eigenvalue weighted by atomic mass is 10.0. The molecule has 4 bridgehead atoms. The van der Waals surface area contributed by atoms with Crippen molar-refractivity contribution in [3.63, 3.8) is 0 Å². The number of fused-ring (bicyclic) bond motifs is 10. The van der Waals surface area contributed by atoms with Gasteiger partial charge in [0.05, 0.1) is 19.1 Å². The Morgan fingerprint density at radius 3 is 2.21 bits per heavy atom. The van der Waals surface area contributed by atoms with Crippen molar-refractivity contribution in [2.45, 2.75) is 63.8 Å². The van der Waals surface area contributed by atoms with Crippen LogP contribution in [0, 0.1) is 10.1 Å². The molecule has 3 atom stereocenters. The molecule has 14 heteroatoms. The van der Waals surface area contributed by atoms with E-state index in [1.165, 1.54) is 25.3 Å². The number of methoxy groups -OCH3 is 2. The topological polar surface area (TPSA) is 184 Å². The van der Waals surface area contributed by atoms with Gasteiger partial charge in [-0.3, -0.25) is 19.7 Å². The molecular formula is C34H38N4O10. The van der Waals surface area contributed by atoms with Crippen molar-refractivity contribution in [3.8, 4) is 17.2 Å². The fourth-order valence-corrected chi connectivity index (χ4v) is 4.96. The smallest absolute Gasteiger partial charge is 0.408 e. The highest BCUT2D eigenvalue weighted by Gasteiger charge is 2.32. The van der Waals surface area contributed by atoms with Gasteiger partial charge in [-0.1, -0.05) is 30.3 Å². The number of amides is 3. The van der Waals surface area contributed by atoms with E-state index in [0.717, 1.165) is 7.11 Å². The Morgan fingerprint density at radius 1 is 0.938 bits per heavy atom. The van der Waals surface area contributed by atoms with Gasteiger partial charge in [0.15, 0.2) is 0 Å². The molecule has 0 saturated carbocycles. The second kappa shape index (κ2) is 15.3. The van der Waals surface area contributed by atoms with Gasteiger partial charge >= 0.3 is 17.7 Å². The molecule has 3 aromatic rings. The van der Waals surface area contributed by atoms with Crippen molar-refractivity contribution >= 4 is 29.6 Å². The molecule has 0 aromatic heterocycles. The lowest BCUT2D eigenvalue weighted by molar-refractivity contribution is -0.385. The van der Waals surface area contributed by atoms with Gasteiger partial charge in [0, 0.05) is 25.3 Å². The van der Waals surface area contributed by atoms with Crippen molar-refractivity contribution in [2.24, 2.45) is 0 Å². The molecule has 5 rings (SSSR count). The number of nitro groups is 1. The van der Waals surface area contributed by atoms with E-state index in [2.05, 4.69) is 16.0 Å².